The minimum Gasteiger partial charge on any atom is -0.504 e. The number of hydrogen-bond acceptors (Lipinski definition) is 8. The van der Waals surface area contributed by atoms with Crippen LogP contribution in [0.1, 0.15) is 12.0 Å². The van der Waals surface area contributed by atoms with E-state index >= 15 is 0 Å². The fraction of sp³-hybridized carbons (Fsp3) is 0.292. The van der Waals surface area contributed by atoms with Gasteiger partial charge in [-0.15, -0.1) is 11.3 Å². The van der Waals surface area contributed by atoms with Crippen molar-refractivity contribution in [2.45, 2.75) is 10.6 Å². The molecule has 3 aromatic rings. The zero-order chi connectivity index (χ0) is 24.8. The summed E-state index contributed by atoms with van der Waals surface area (Å²) in [6.45, 7) is 4.77. The predicted octanol–water partition coefficient (Wildman–Crippen LogP) is 2.76. The minimum absolute atomic E-state index is 0.00275. The van der Waals surface area contributed by atoms with E-state index < -0.39 is 15.9 Å². The zero-order valence-corrected chi connectivity index (χ0v) is 20.6. The third-order valence-corrected chi connectivity index (χ3v) is 8.70. The number of hydrogen-bond donors (Lipinski definition) is 2. The summed E-state index contributed by atoms with van der Waals surface area (Å²) in [5.41, 5.74) is 6.30. The van der Waals surface area contributed by atoms with E-state index in [0.717, 1.165) is 54.6 Å². The number of phenols is 1. The number of amides is 1. The summed E-state index contributed by atoms with van der Waals surface area (Å²) in [5, 5.41) is 10.4. The summed E-state index contributed by atoms with van der Waals surface area (Å²) >= 11 is 1.10. The molecule has 35 heavy (non-hydrogen) atoms. The Morgan fingerprint density at radius 1 is 1.20 bits per heavy atom. The molecule has 1 saturated heterocycles. The van der Waals surface area contributed by atoms with Gasteiger partial charge in [0.1, 0.15) is 4.21 Å². The fourth-order valence-corrected chi connectivity index (χ4v) is 6.24. The molecule has 1 aliphatic rings. The number of ether oxygens (including phenoxy) is 2. The van der Waals surface area contributed by atoms with Crippen LogP contribution in [0.15, 0.2) is 59.1 Å². The molecule has 1 aliphatic heterocycles. The maximum Gasteiger partial charge on any atom is 0.277 e. The van der Waals surface area contributed by atoms with Crippen molar-refractivity contribution < 1.29 is 27.8 Å². The molecule has 0 spiro atoms. The Labute approximate surface area is 208 Å². The average Bonchev–Trinajstić information content (AvgIpc) is 3.53. The normalized spacial score (nSPS) is 15.0. The van der Waals surface area contributed by atoms with Gasteiger partial charge in [-0.2, -0.15) is 8.42 Å². The number of thiophene rings is 1. The Kier molecular flexibility index (Phi) is 7.91. The lowest BCUT2D eigenvalue weighted by Crippen LogP contribution is -2.37. The summed E-state index contributed by atoms with van der Waals surface area (Å²) in [5.74, 6) is -0.219. The van der Waals surface area contributed by atoms with E-state index in [1.807, 2.05) is 0 Å². The highest BCUT2D eigenvalue weighted by atomic mass is 32.2. The standard InChI is InChI=1S/C24H27N3O6S2/c25-23(29)6-2-18-8-10-27(17-18)35(30,31)24-7-5-22(34-24)19-3-4-21(20(28)16-19)33-13-1-9-26-11-14-32-15-12-26/h2-8,10,16-17,28H,1,9,11-15H2,(H2,25,29)/b6-2+. The largest absolute Gasteiger partial charge is 0.504 e. The molecule has 1 amide bonds. The molecule has 0 atom stereocenters. The highest BCUT2D eigenvalue weighted by Gasteiger charge is 2.20. The third-order valence-electron chi connectivity index (χ3n) is 5.47. The highest BCUT2D eigenvalue weighted by Crippen LogP contribution is 2.36. The van der Waals surface area contributed by atoms with E-state index in [2.05, 4.69) is 4.90 Å². The van der Waals surface area contributed by atoms with E-state index in [1.54, 1.807) is 30.3 Å². The van der Waals surface area contributed by atoms with Gasteiger partial charge in [-0.25, -0.2) is 3.97 Å². The monoisotopic (exact) mass is 517 g/mol. The van der Waals surface area contributed by atoms with E-state index in [-0.39, 0.29) is 9.96 Å². The second-order valence-corrected chi connectivity index (χ2v) is 11.1. The number of carbonyl (C=O) groups excluding carboxylic acids is 1. The van der Waals surface area contributed by atoms with E-state index in [0.29, 0.717) is 28.4 Å². The van der Waals surface area contributed by atoms with E-state index in [1.165, 1.54) is 30.6 Å². The smallest absolute Gasteiger partial charge is 0.277 e. The van der Waals surface area contributed by atoms with Crippen LogP contribution in [0, 0.1) is 0 Å². The molecule has 0 unspecified atom stereocenters. The first kappa shape index (κ1) is 25.0. The molecule has 0 radical (unpaired) electrons. The molecule has 3 heterocycles. The van der Waals surface area contributed by atoms with Crippen molar-refractivity contribution in [2.24, 2.45) is 5.73 Å². The van der Waals surface area contributed by atoms with Crippen LogP contribution in [-0.4, -0.2) is 67.8 Å². The molecule has 0 saturated carbocycles. The first-order valence-corrected chi connectivity index (χ1v) is 13.4. The number of phenolic OH excluding ortho intramolecular Hbond substituents is 1. The topological polar surface area (TPSA) is 124 Å². The van der Waals surface area contributed by atoms with Crippen LogP contribution < -0.4 is 10.5 Å². The van der Waals surface area contributed by atoms with Crippen LogP contribution in [0.4, 0.5) is 0 Å². The number of aromatic nitrogens is 1. The molecule has 3 N–H and O–H groups in total. The van der Waals surface area contributed by atoms with Crippen molar-refractivity contribution in [1.82, 2.24) is 8.87 Å². The minimum atomic E-state index is -3.80. The fourth-order valence-electron chi connectivity index (χ4n) is 3.62. The molecule has 2 aromatic heterocycles. The Bertz CT molecular complexity index is 1310. The van der Waals surface area contributed by atoms with Crippen molar-refractivity contribution in [3.8, 4) is 21.9 Å². The molecule has 186 valence electrons. The highest BCUT2D eigenvalue weighted by molar-refractivity contribution is 7.92. The molecule has 9 nitrogen and oxygen atoms in total. The SMILES string of the molecule is NC(=O)/C=C/c1ccn(S(=O)(=O)c2ccc(-c3ccc(OCCCN4CCOCC4)c(O)c3)s2)c1. The van der Waals surface area contributed by atoms with E-state index in [4.69, 9.17) is 15.2 Å². The number of nitrogens with two attached hydrogens (primary N) is 1. The second-order valence-electron chi connectivity index (χ2n) is 7.97. The quantitative estimate of drug-likeness (QED) is 0.313. The lowest BCUT2D eigenvalue weighted by Gasteiger charge is -2.26. The lowest BCUT2D eigenvalue weighted by atomic mass is 10.1. The number of carbonyl (C=O) groups is 1. The third kappa shape index (κ3) is 6.31. The van der Waals surface area contributed by atoms with Crippen molar-refractivity contribution in [3.05, 3.63) is 60.4 Å². The van der Waals surface area contributed by atoms with Crippen molar-refractivity contribution in [2.75, 3.05) is 39.5 Å². The Morgan fingerprint density at radius 2 is 2.00 bits per heavy atom. The van der Waals surface area contributed by atoms with Gasteiger partial charge in [0.25, 0.3) is 10.0 Å². The molecular formula is C24H27N3O6S2. The summed E-state index contributed by atoms with van der Waals surface area (Å²) in [6.07, 6.45) is 6.27. The molecular weight excluding hydrogens is 490 g/mol. The molecule has 4 rings (SSSR count). The first-order valence-electron chi connectivity index (χ1n) is 11.1. The van der Waals surface area contributed by atoms with Crippen molar-refractivity contribution in [3.63, 3.8) is 0 Å². The van der Waals surface area contributed by atoms with Gasteiger partial charge in [-0.3, -0.25) is 9.69 Å². The summed E-state index contributed by atoms with van der Waals surface area (Å²) in [7, 11) is -3.80. The van der Waals surface area contributed by atoms with Gasteiger partial charge in [0.15, 0.2) is 11.5 Å². The van der Waals surface area contributed by atoms with Gasteiger partial charge < -0.3 is 20.3 Å². The van der Waals surface area contributed by atoms with Crippen LogP contribution in [0.5, 0.6) is 11.5 Å². The van der Waals surface area contributed by atoms with Gasteiger partial charge in [-0.05, 0) is 60.0 Å². The molecule has 0 bridgehead atoms. The summed E-state index contributed by atoms with van der Waals surface area (Å²) in [6, 6.07) is 9.86. The van der Waals surface area contributed by atoms with Crippen LogP contribution in [0.3, 0.4) is 0 Å². The Balaban J connectivity index is 1.39. The number of benzene rings is 1. The number of morpholine rings is 1. The Morgan fingerprint density at radius 3 is 2.74 bits per heavy atom. The number of rotatable bonds is 10. The number of aromatic hydroxyl groups is 1. The first-order chi connectivity index (χ1) is 16.8. The predicted molar refractivity (Wildman–Crippen MR) is 134 cm³/mol. The van der Waals surface area contributed by atoms with Gasteiger partial charge in [0.05, 0.1) is 19.8 Å². The molecule has 1 fully saturated rings. The molecule has 0 aliphatic carbocycles. The van der Waals surface area contributed by atoms with Crippen LogP contribution >= 0.6 is 11.3 Å². The van der Waals surface area contributed by atoms with Crippen molar-refractivity contribution in [1.29, 1.82) is 0 Å². The zero-order valence-electron chi connectivity index (χ0n) is 19.0. The summed E-state index contributed by atoms with van der Waals surface area (Å²) < 4.78 is 38.3. The Hall–Kier alpha value is -3.12. The van der Waals surface area contributed by atoms with Crippen LogP contribution in [-0.2, 0) is 19.6 Å². The van der Waals surface area contributed by atoms with Crippen LogP contribution in [0.25, 0.3) is 16.5 Å². The van der Waals surface area contributed by atoms with Crippen LogP contribution in [0.2, 0.25) is 0 Å². The van der Waals surface area contributed by atoms with Gasteiger partial charge in [0, 0.05) is 43.0 Å². The average molecular weight is 518 g/mol. The van der Waals surface area contributed by atoms with Gasteiger partial charge >= 0.3 is 0 Å². The van der Waals surface area contributed by atoms with Gasteiger partial charge in [-0.1, -0.05) is 0 Å². The molecule has 1 aromatic carbocycles. The van der Waals surface area contributed by atoms with E-state index in [9.17, 15) is 18.3 Å². The number of nitrogens with zero attached hydrogens (tertiary/aromatic N) is 2. The maximum atomic E-state index is 13.0. The second kappa shape index (κ2) is 11.1. The number of primary amides is 1. The van der Waals surface area contributed by atoms with Crippen molar-refractivity contribution >= 4 is 33.3 Å². The summed E-state index contributed by atoms with van der Waals surface area (Å²) in [4.78, 5) is 13.9. The van der Waals surface area contributed by atoms with Gasteiger partial charge in [0.2, 0.25) is 5.91 Å². The maximum absolute atomic E-state index is 13.0. The molecule has 11 heteroatoms. The lowest BCUT2D eigenvalue weighted by molar-refractivity contribution is -0.113.